The lowest BCUT2D eigenvalue weighted by Crippen LogP contribution is -2.12. The first-order chi connectivity index (χ1) is 10.3. The fourth-order valence-electron chi connectivity index (χ4n) is 2.28. The van der Waals surface area contributed by atoms with Gasteiger partial charge < -0.3 is 5.32 Å². The van der Waals surface area contributed by atoms with Gasteiger partial charge in [-0.2, -0.15) is 0 Å². The second-order valence-corrected chi connectivity index (χ2v) is 6.07. The quantitative estimate of drug-likeness (QED) is 0.754. The van der Waals surface area contributed by atoms with Crippen LogP contribution >= 0.6 is 11.3 Å². The van der Waals surface area contributed by atoms with Crippen LogP contribution < -0.4 is 5.32 Å². The monoisotopic (exact) mass is 294 g/mol. The summed E-state index contributed by atoms with van der Waals surface area (Å²) in [6.45, 7) is 3.88. The first kappa shape index (κ1) is 14.0. The number of nitrogens with one attached hydrogen (secondary N) is 1. The molecule has 0 aliphatic carbocycles. The molecule has 0 amide bonds. The summed E-state index contributed by atoms with van der Waals surface area (Å²) < 4.78 is 0. The topological polar surface area (TPSA) is 24.9 Å². The molecule has 0 atom stereocenters. The van der Waals surface area contributed by atoms with Crippen LogP contribution in [0.15, 0.2) is 60.2 Å². The lowest BCUT2D eigenvalue weighted by atomic mass is 10.1. The molecule has 0 bridgehead atoms. The van der Waals surface area contributed by atoms with Gasteiger partial charge in [0.2, 0.25) is 0 Å². The van der Waals surface area contributed by atoms with E-state index in [4.69, 9.17) is 0 Å². The number of pyridine rings is 1. The molecule has 21 heavy (non-hydrogen) atoms. The highest BCUT2D eigenvalue weighted by Gasteiger charge is 2.02. The van der Waals surface area contributed by atoms with Crippen LogP contribution in [0.25, 0.3) is 11.1 Å². The smallest absolute Gasteiger partial charge is 0.0303 e. The van der Waals surface area contributed by atoms with E-state index in [1.54, 1.807) is 0 Å². The summed E-state index contributed by atoms with van der Waals surface area (Å²) in [5, 5.41) is 5.73. The number of benzene rings is 1. The summed E-state index contributed by atoms with van der Waals surface area (Å²) >= 11 is 1.81. The van der Waals surface area contributed by atoms with Crippen molar-refractivity contribution in [3.05, 3.63) is 76.2 Å². The Kier molecular flexibility index (Phi) is 4.43. The molecule has 3 heteroatoms. The summed E-state index contributed by atoms with van der Waals surface area (Å²) in [5.41, 5.74) is 5.13. The first-order valence-corrected chi connectivity index (χ1v) is 7.94. The Morgan fingerprint density at radius 1 is 1.05 bits per heavy atom. The summed E-state index contributed by atoms with van der Waals surface area (Å²) in [5.74, 6) is 0. The van der Waals surface area contributed by atoms with Gasteiger partial charge in [0.15, 0.2) is 0 Å². The van der Waals surface area contributed by atoms with E-state index in [-0.39, 0.29) is 0 Å². The van der Waals surface area contributed by atoms with Gasteiger partial charge in [-0.1, -0.05) is 30.3 Å². The van der Waals surface area contributed by atoms with Crippen LogP contribution in [0.3, 0.4) is 0 Å². The highest BCUT2D eigenvalue weighted by atomic mass is 32.1. The second-order valence-electron chi connectivity index (χ2n) is 5.07. The Balaban J connectivity index is 1.60. The van der Waals surface area contributed by atoms with Crippen LogP contribution in [0.4, 0.5) is 0 Å². The highest BCUT2D eigenvalue weighted by Crippen LogP contribution is 2.25. The molecule has 1 N–H and O–H groups in total. The number of aryl methyl sites for hydroxylation is 1. The Labute approximate surface area is 129 Å². The van der Waals surface area contributed by atoms with Crippen molar-refractivity contribution in [2.24, 2.45) is 0 Å². The van der Waals surface area contributed by atoms with Crippen LogP contribution in [0.5, 0.6) is 0 Å². The number of nitrogens with zero attached hydrogens (tertiary/aromatic N) is 1. The molecule has 0 unspecified atom stereocenters. The van der Waals surface area contributed by atoms with Gasteiger partial charge in [-0.05, 0) is 46.7 Å². The Morgan fingerprint density at radius 3 is 2.71 bits per heavy atom. The molecule has 3 rings (SSSR count). The fourth-order valence-corrected chi connectivity index (χ4v) is 3.14. The van der Waals surface area contributed by atoms with Crippen molar-refractivity contribution in [3.8, 4) is 11.1 Å². The van der Waals surface area contributed by atoms with Crippen LogP contribution in [-0.2, 0) is 13.1 Å². The summed E-state index contributed by atoms with van der Waals surface area (Å²) in [6, 6.07) is 14.9. The lowest BCUT2D eigenvalue weighted by Gasteiger charge is -2.05. The number of hydrogen-bond acceptors (Lipinski definition) is 3. The molecule has 0 aliphatic rings. The maximum Gasteiger partial charge on any atom is 0.0303 e. The Bertz CT molecular complexity index is 704. The summed E-state index contributed by atoms with van der Waals surface area (Å²) in [6.07, 6.45) is 3.76. The molecule has 0 aliphatic heterocycles. The van der Waals surface area contributed by atoms with Crippen molar-refractivity contribution >= 4 is 11.3 Å². The second kappa shape index (κ2) is 6.66. The number of thiophene rings is 1. The van der Waals surface area contributed by atoms with Gasteiger partial charge in [-0.25, -0.2) is 0 Å². The van der Waals surface area contributed by atoms with Crippen LogP contribution in [0.1, 0.15) is 16.0 Å². The molecule has 0 saturated carbocycles. The third-order valence-corrected chi connectivity index (χ3v) is 4.45. The molecule has 0 radical (unpaired) electrons. The number of aromatic nitrogens is 1. The van der Waals surface area contributed by atoms with Crippen molar-refractivity contribution < 1.29 is 0 Å². The molecule has 0 saturated heterocycles. The van der Waals surface area contributed by atoms with E-state index >= 15 is 0 Å². The van der Waals surface area contributed by atoms with Gasteiger partial charge >= 0.3 is 0 Å². The summed E-state index contributed by atoms with van der Waals surface area (Å²) in [7, 11) is 0. The molecular weight excluding hydrogens is 276 g/mol. The van der Waals surface area contributed by atoms with E-state index in [2.05, 4.69) is 65.1 Å². The molecular formula is C18H18N2S. The van der Waals surface area contributed by atoms with E-state index in [0.29, 0.717) is 0 Å². The van der Waals surface area contributed by atoms with E-state index in [1.807, 2.05) is 23.7 Å². The zero-order chi connectivity index (χ0) is 14.5. The van der Waals surface area contributed by atoms with Crippen molar-refractivity contribution in [1.82, 2.24) is 10.3 Å². The minimum absolute atomic E-state index is 0.882. The van der Waals surface area contributed by atoms with Crippen molar-refractivity contribution in [2.75, 3.05) is 0 Å². The average molecular weight is 294 g/mol. The van der Waals surface area contributed by atoms with Crippen LogP contribution in [-0.4, -0.2) is 4.98 Å². The maximum absolute atomic E-state index is 4.12. The van der Waals surface area contributed by atoms with Gasteiger partial charge in [-0.15, -0.1) is 11.3 Å². The molecule has 3 aromatic rings. The minimum atomic E-state index is 0.882. The minimum Gasteiger partial charge on any atom is -0.308 e. The molecule has 2 nitrogen and oxygen atoms in total. The molecule has 0 spiro atoms. The van der Waals surface area contributed by atoms with E-state index in [1.165, 1.54) is 27.1 Å². The van der Waals surface area contributed by atoms with Crippen LogP contribution in [0.2, 0.25) is 0 Å². The molecule has 1 aromatic carbocycles. The highest BCUT2D eigenvalue weighted by molar-refractivity contribution is 7.10. The number of rotatable bonds is 5. The van der Waals surface area contributed by atoms with Gasteiger partial charge in [-0.3, -0.25) is 4.98 Å². The normalized spacial score (nSPS) is 10.7. The molecule has 2 heterocycles. The number of hydrogen-bond donors (Lipinski definition) is 1. The standard InChI is InChI=1S/C18H18N2S/c1-14-10-19-8-7-16(14)11-20-12-18-9-17(13-21-18)15-5-3-2-4-6-15/h2-10,13,20H,11-12H2,1H3. The first-order valence-electron chi connectivity index (χ1n) is 7.06. The van der Waals surface area contributed by atoms with Crippen LogP contribution in [0, 0.1) is 6.92 Å². The molecule has 0 fully saturated rings. The average Bonchev–Trinajstić information content (AvgIpc) is 2.99. The van der Waals surface area contributed by atoms with E-state index in [9.17, 15) is 0 Å². The zero-order valence-corrected chi connectivity index (χ0v) is 12.9. The predicted molar refractivity (Wildman–Crippen MR) is 89.3 cm³/mol. The van der Waals surface area contributed by atoms with E-state index < -0.39 is 0 Å². The van der Waals surface area contributed by atoms with Gasteiger partial charge in [0.25, 0.3) is 0 Å². The predicted octanol–water partition coefficient (Wildman–Crippen LogP) is 4.41. The van der Waals surface area contributed by atoms with Gasteiger partial charge in [0.05, 0.1) is 0 Å². The van der Waals surface area contributed by atoms with Gasteiger partial charge in [0, 0.05) is 30.4 Å². The fraction of sp³-hybridized carbons (Fsp3) is 0.167. The third-order valence-electron chi connectivity index (χ3n) is 3.51. The van der Waals surface area contributed by atoms with Crippen molar-refractivity contribution in [3.63, 3.8) is 0 Å². The van der Waals surface area contributed by atoms with Crippen molar-refractivity contribution in [1.29, 1.82) is 0 Å². The van der Waals surface area contributed by atoms with E-state index in [0.717, 1.165) is 13.1 Å². The zero-order valence-electron chi connectivity index (χ0n) is 12.0. The lowest BCUT2D eigenvalue weighted by molar-refractivity contribution is 0.697. The molecule has 106 valence electrons. The van der Waals surface area contributed by atoms with Crippen molar-refractivity contribution in [2.45, 2.75) is 20.0 Å². The Hall–Kier alpha value is -1.97. The SMILES string of the molecule is Cc1cnccc1CNCc1cc(-c2ccccc2)cs1. The Morgan fingerprint density at radius 2 is 1.90 bits per heavy atom. The molecule has 2 aromatic heterocycles. The third kappa shape index (κ3) is 3.57. The maximum atomic E-state index is 4.12. The van der Waals surface area contributed by atoms with Gasteiger partial charge in [0.1, 0.15) is 0 Å². The largest absolute Gasteiger partial charge is 0.308 e. The summed E-state index contributed by atoms with van der Waals surface area (Å²) in [4.78, 5) is 5.48.